The highest BCUT2D eigenvalue weighted by Crippen LogP contribution is 2.29. The van der Waals surface area contributed by atoms with Crippen LogP contribution < -0.4 is 4.74 Å². The molecule has 1 nitrogen and oxygen atoms in total. The molecule has 0 aliphatic carbocycles. The number of benzene rings is 1. The van der Waals surface area contributed by atoms with Gasteiger partial charge >= 0.3 is 0 Å². The van der Waals surface area contributed by atoms with E-state index >= 15 is 0 Å². The molecule has 1 unspecified atom stereocenters. The minimum Gasteiger partial charge on any atom is -0.495 e. The highest BCUT2D eigenvalue weighted by atomic mass is 79.9. The zero-order chi connectivity index (χ0) is 10.6. The molecular weight excluding hydrogens is 263 g/mol. The van der Waals surface area contributed by atoms with E-state index < -0.39 is 0 Å². The number of methoxy groups -OCH3 is 1. The number of hydrogen-bond acceptors (Lipinski definition) is 1. The highest BCUT2D eigenvalue weighted by molar-refractivity contribution is 9.09. The third-order valence-corrected chi connectivity index (χ3v) is 3.04. The van der Waals surface area contributed by atoms with E-state index in [1.54, 1.807) is 7.11 Å². The van der Waals surface area contributed by atoms with Crippen LogP contribution in [0.4, 0.5) is 0 Å². The Morgan fingerprint density at radius 1 is 1.50 bits per heavy atom. The van der Waals surface area contributed by atoms with Crippen LogP contribution in [-0.4, -0.2) is 12.4 Å². The Morgan fingerprint density at radius 2 is 2.21 bits per heavy atom. The molecule has 14 heavy (non-hydrogen) atoms. The summed E-state index contributed by atoms with van der Waals surface area (Å²) in [5.41, 5.74) is 1.26. The van der Waals surface area contributed by atoms with Gasteiger partial charge in [0.15, 0.2) is 0 Å². The Labute approximate surface area is 98.5 Å². The fourth-order valence-corrected chi connectivity index (χ4v) is 2.27. The molecule has 1 atom stereocenters. The van der Waals surface area contributed by atoms with E-state index in [9.17, 15) is 0 Å². The van der Waals surface area contributed by atoms with E-state index in [-0.39, 0.29) is 0 Å². The maximum Gasteiger partial charge on any atom is 0.137 e. The second-order valence-corrected chi connectivity index (χ2v) is 4.47. The summed E-state index contributed by atoms with van der Waals surface area (Å²) in [6, 6.07) is 5.97. The van der Waals surface area contributed by atoms with Crippen LogP contribution in [0.1, 0.15) is 24.8 Å². The first-order valence-electron chi connectivity index (χ1n) is 4.58. The van der Waals surface area contributed by atoms with Crippen LogP contribution in [0.2, 0.25) is 5.02 Å². The lowest BCUT2D eigenvalue weighted by atomic mass is 9.99. The summed E-state index contributed by atoms with van der Waals surface area (Å²) in [4.78, 5) is 0. The van der Waals surface area contributed by atoms with Crippen molar-refractivity contribution >= 4 is 27.5 Å². The van der Waals surface area contributed by atoms with E-state index in [4.69, 9.17) is 16.3 Å². The van der Waals surface area contributed by atoms with Crippen molar-refractivity contribution < 1.29 is 4.74 Å². The third-order valence-electron chi connectivity index (χ3n) is 2.29. The highest BCUT2D eigenvalue weighted by Gasteiger charge is 2.07. The standard InChI is InChI=1S/C11H14BrClO/c1-8(5-6-12)9-3-4-11(14-2)10(13)7-9/h3-4,7-8H,5-6H2,1-2H3. The second-order valence-electron chi connectivity index (χ2n) is 3.27. The summed E-state index contributed by atoms with van der Waals surface area (Å²) < 4.78 is 5.10. The number of halogens is 2. The molecule has 0 aliphatic heterocycles. The van der Waals surface area contributed by atoms with Gasteiger partial charge in [0.05, 0.1) is 12.1 Å². The van der Waals surface area contributed by atoms with Crippen molar-refractivity contribution in [3.8, 4) is 5.75 Å². The summed E-state index contributed by atoms with van der Waals surface area (Å²) >= 11 is 9.47. The molecule has 0 fully saturated rings. The zero-order valence-electron chi connectivity index (χ0n) is 8.39. The van der Waals surface area contributed by atoms with Crippen LogP contribution in [0.5, 0.6) is 5.75 Å². The summed E-state index contributed by atoms with van der Waals surface area (Å²) in [6.07, 6.45) is 1.11. The quantitative estimate of drug-likeness (QED) is 0.748. The van der Waals surface area contributed by atoms with Gasteiger partial charge in [-0.05, 0) is 30.0 Å². The average Bonchev–Trinajstić information content (AvgIpc) is 2.18. The molecule has 78 valence electrons. The van der Waals surface area contributed by atoms with E-state index in [0.29, 0.717) is 10.9 Å². The molecule has 0 saturated carbocycles. The van der Waals surface area contributed by atoms with Gasteiger partial charge in [-0.1, -0.05) is 40.5 Å². The first-order chi connectivity index (χ1) is 6.69. The maximum atomic E-state index is 6.04. The zero-order valence-corrected chi connectivity index (χ0v) is 10.7. The fourth-order valence-electron chi connectivity index (χ4n) is 1.32. The molecule has 1 rings (SSSR count). The molecule has 0 saturated heterocycles. The molecule has 0 N–H and O–H groups in total. The first kappa shape index (κ1) is 11.9. The Morgan fingerprint density at radius 3 is 2.71 bits per heavy atom. The molecule has 1 aromatic carbocycles. The van der Waals surface area contributed by atoms with Crippen LogP contribution in [0.15, 0.2) is 18.2 Å². The third kappa shape index (κ3) is 2.89. The Balaban J connectivity index is 2.85. The van der Waals surface area contributed by atoms with Gasteiger partial charge in [0.2, 0.25) is 0 Å². The topological polar surface area (TPSA) is 9.23 Å². The van der Waals surface area contributed by atoms with E-state index in [1.807, 2.05) is 12.1 Å². The monoisotopic (exact) mass is 276 g/mol. The van der Waals surface area contributed by atoms with Gasteiger partial charge in [-0.3, -0.25) is 0 Å². The van der Waals surface area contributed by atoms with Crippen LogP contribution in [0.3, 0.4) is 0 Å². The van der Waals surface area contributed by atoms with Crippen LogP contribution in [-0.2, 0) is 0 Å². The summed E-state index contributed by atoms with van der Waals surface area (Å²) in [5.74, 6) is 1.26. The maximum absolute atomic E-state index is 6.04. The van der Waals surface area contributed by atoms with Gasteiger partial charge in [-0.15, -0.1) is 0 Å². The van der Waals surface area contributed by atoms with Crippen molar-refractivity contribution in [2.24, 2.45) is 0 Å². The predicted octanol–water partition coefficient (Wildman–Crippen LogP) is 4.24. The SMILES string of the molecule is COc1ccc(C(C)CCBr)cc1Cl. The van der Waals surface area contributed by atoms with E-state index in [0.717, 1.165) is 17.5 Å². The van der Waals surface area contributed by atoms with Crippen molar-refractivity contribution in [3.63, 3.8) is 0 Å². The molecule has 0 aliphatic rings. The van der Waals surface area contributed by atoms with Gasteiger partial charge in [0.1, 0.15) is 5.75 Å². The lowest BCUT2D eigenvalue weighted by Crippen LogP contribution is -1.95. The van der Waals surface area contributed by atoms with Gasteiger partial charge < -0.3 is 4.74 Å². The van der Waals surface area contributed by atoms with Gasteiger partial charge in [-0.25, -0.2) is 0 Å². The Hall–Kier alpha value is -0.210. The lowest BCUT2D eigenvalue weighted by molar-refractivity contribution is 0.415. The second kappa shape index (κ2) is 5.62. The van der Waals surface area contributed by atoms with Crippen molar-refractivity contribution in [3.05, 3.63) is 28.8 Å². The number of alkyl halides is 1. The molecule has 0 amide bonds. The van der Waals surface area contributed by atoms with Crippen molar-refractivity contribution in [2.75, 3.05) is 12.4 Å². The minimum atomic E-state index is 0.526. The summed E-state index contributed by atoms with van der Waals surface area (Å²) in [5, 5.41) is 1.70. The number of rotatable bonds is 4. The molecule has 0 heterocycles. The molecule has 1 aromatic rings. The van der Waals surface area contributed by atoms with Crippen LogP contribution in [0, 0.1) is 0 Å². The van der Waals surface area contributed by atoms with Gasteiger partial charge in [0, 0.05) is 5.33 Å². The number of ether oxygens (including phenoxy) is 1. The van der Waals surface area contributed by atoms with Crippen molar-refractivity contribution in [1.29, 1.82) is 0 Å². The fraction of sp³-hybridized carbons (Fsp3) is 0.455. The molecule has 3 heteroatoms. The van der Waals surface area contributed by atoms with Gasteiger partial charge in [0.25, 0.3) is 0 Å². The van der Waals surface area contributed by atoms with E-state index in [1.165, 1.54) is 5.56 Å². The largest absolute Gasteiger partial charge is 0.495 e. The van der Waals surface area contributed by atoms with Crippen molar-refractivity contribution in [2.45, 2.75) is 19.3 Å². The van der Waals surface area contributed by atoms with Crippen molar-refractivity contribution in [1.82, 2.24) is 0 Å². The molecule has 0 bridgehead atoms. The smallest absolute Gasteiger partial charge is 0.137 e. The molecular formula is C11H14BrClO. The molecule has 0 spiro atoms. The summed E-state index contributed by atoms with van der Waals surface area (Å²) in [7, 11) is 1.63. The first-order valence-corrected chi connectivity index (χ1v) is 6.08. The molecule has 0 radical (unpaired) electrons. The molecule has 0 aromatic heterocycles. The predicted molar refractivity (Wildman–Crippen MR) is 64.8 cm³/mol. The average molecular weight is 278 g/mol. The lowest BCUT2D eigenvalue weighted by Gasteiger charge is -2.11. The van der Waals surface area contributed by atoms with E-state index in [2.05, 4.69) is 28.9 Å². The summed E-state index contributed by atoms with van der Waals surface area (Å²) in [6.45, 7) is 2.19. The Bertz CT molecular complexity index is 301. The van der Waals surface area contributed by atoms with Crippen LogP contribution in [0.25, 0.3) is 0 Å². The minimum absolute atomic E-state index is 0.526. The normalized spacial score (nSPS) is 12.6. The Kier molecular flexibility index (Phi) is 4.76. The number of hydrogen-bond donors (Lipinski definition) is 0. The van der Waals surface area contributed by atoms with Crippen LogP contribution >= 0.6 is 27.5 Å². The van der Waals surface area contributed by atoms with Gasteiger partial charge in [-0.2, -0.15) is 0 Å².